The highest BCUT2D eigenvalue weighted by atomic mass is 31.2. The molecule has 2 aliphatic rings. The molecular formula is C70H76N9O12P. The average molecular weight is 1270 g/mol. The van der Waals surface area contributed by atoms with Gasteiger partial charge in [-0.25, -0.2) is 24.4 Å². The number of anilines is 1. The van der Waals surface area contributed by atoms with Gasteiger partial charge in [-0.1, -0.05) is 115 Å². The maximum Gasteiger partial charge on any atom is 0.409 e. The van der Waals surface area contributed by atoms with Crippen molar-refractivity contribution in [2.24, 2.45) is 0 Å². The van der Waals surface area contributed by atoms with Gasteiger partial charge in [-0.05, 0) is 115 Å². The Labute approximate surface area is 536 Å². The lowest BCUT2D eigenvalue weighted by molar-refractivity contribution is -0.148. The van der Waals surface area contributed by atoms with Gasteiger partial charge in [-0.2, -0.15) is 5.26 Å². The van der Waals surface area contributed by atoms with Gasteiger partial charge in [0.05, 0.1) is 52.4 Å². The molecule has 0 bridgehead atoms. The van der Waals surface area contributed by atoms with Crippen LogP contribution in [0.15, 0.2) is 164 Å². The molecule has 3 heterocycles. The maximum absolute atomic E-state index is 13.9. The summed E-state index contributed by atoms with van der Waals surface area (Å²) >= 11 is 0. The van der Waals surface area contributed by atoms with Gasteiger partial charge in [0.15, 0.2) is 23.6 Å². The van der Waals surface area contributed by atoms with E-state index in [9.17, 15) is 24.4 Å². The molecule has 1 aliphatic heterocycles. The van der Waals surface area contributed by atoms with Crippen LogP contribution in [0.4, 0.5) is 10.6 Å². The number of hydrogen-bond donors (Lipinski definition) is 2. The van der Waals surface area contributed by atoms with Gasteiger partial charge >= 0.3 is 12.1 Å². The van der Waals surface area contributed by atoms with Gasteiger partial charge in [0, 0.05) is 56.5 Å². The SMILES string of the molecule is COc1ccc(C(OCC2OC(n3cnc4c(NC(=O)c5ccc(CNC(=O)COC(=O)CCCN(C)C(=O)OCC6c7ccccc7-c7ccccc76)cc5)ncnc43)CC2OP(OCCC#N)N(C(C)C)C(C)C)(c2ccccc2)c2ccc(OC)cc2)cc1. The summed E-state index contributed by atoms with van der Waals surface area (Å²) in [5.74, 6) is -0.0763. The van der Waals surface area contributed by atoms with E-state index < -0.39 is 63.0 Å². The number of methoxy groups -OCH3 is 2. The van der Waals surface area contributed by atoms with Crippen LogP contribution in [0, 0.1) is 11.3 Å². The van der Waals surface area contributed by atoms with Gasteiger partial charge in [0.2, 0.25) is 0 Å². The molecule has 478 valence electrons. The number of ether oxygens (including phenoxy) is 6. The third-order valence-corrected chi connectivity index (χ3v) is 18.4. The smallest absolute Gasteiger partial charge is 0.409 e. The molecule has 3 amide bonds. The molecule has 21 nitrogen and oxygen atoms in total. The number of hydrogen-bond acceptors (Lipinski definition) is 17. The van der Waals surface area contributed by atoms with Gasteiger partial charge < -0.3 is 53.0 Å². The van der Waals surface area contributed by atoms with E-state index in [-0.39, 0.29) is 69.6 Å². The third kappa shape index (κ3) is 15.3. The molecule has 0 spiro atoms. The number of fused-ring (bicyclic) bond motifs is 4. The summed E-state index contributed by atoms with van der Waals surface area (Å²) in [6.45, 7) is 8.59. The number of esters is 1. The number of nitrogens with zero attached hydrogens (tertiary/aromatic N) is 7. The number of carbonyl (C=O) groups excluding carboxylic acids is 4. The summed E-state index contributed by atoms with van der Waals surface area (Å²) in [6.07, 6.45) is 1.22. The zero-order valence-electron chi connectivity index (χ0n) is 52.6. The minimum absolute atomic E-state index is 0.00215. The zero-order valence-corrected chi connectivity index (χ0v) is 53.5. The first kappa shape index (κ1) is 65.8. The Morgan fingerprint density at radius 1 is 0.761 bits per heavy atom. The molecule has 10 rings (SSSR count). The van der Waals surface area contributed by atoms with Crippen LogP contribution in [-0.2, 0) is 49.7 Å². The molecule has 6 aromatic carbocycles. The van der Waals surface area contributed by atoms with E-state index >= 15 is 0 Å². The van der Waals surface area contributed by atoms with Crippen molar-refractivity contribution >= 4 is 49.4 Å². The second kappa shape index (κ2) is 30.8. The van der Waals surface area contributed by atoms with Crippen molar-refractivity contribution in [3.05, 3.63) is 203 Å². The highest BCUT2D eigenvalue weighted by Crippen LogP contribution is 2.51. The number of aromatic nitrogens is 4. The van der Waals surface area contributed by atoms with E-state index in [1.807, 2.05) is 103 Å². The standard InChI is InChI=1S/C70H76N9O12P/c1-46(2)79(47(3)4)92(89-38-16-36-71)91-60-39-63(90-61(60)42-88-70(50-17-9-8-10-18-50,51-28-32-53(84-6)33-29-51)52-30-34-54(85-7)35-31-52)78-45-75-65-66(73-44-74-67(65)78)76-68(82)49-26-24-48(25-27-49)40-72-62(80)43-86-64(81)23-15-37-77(5)69(83)87-41-59-57-21-13-11-19-55(57)56-20-12-14-22-58(56)59/h8-14,17-22,24-35,44-47,59-61,63H,15-16,23,37-43H2,1-7H3,(H,72,80)(H,73,74,76,82). The van der Waals surface area contributed by atoms with Crippen LogP contribution in [0.2, 0.25) is 0 Å². The normalized spacial score (nSPS) is 15.6. The van der Waals surface area contributed by atoms with Gasteiger partial charge in [0.1, 0.15) is 42.4 Å². The van der Waals surface area contributed by atoms with E-state index in [4.69, 9.17) is 42.5 Å². The lowest BCUT2D eigenvalue weighted by Gasteiger charge is -2.39. The number of rotatable bonds is 29. The largest absolute Gasteiger partial charge is 0.497 e. The van der Waals surface area contributed by atoms with Crippen LogP contribution >= 0.6 is 8.53 Å². The summed E-state index contributed by atoms with van der Waals surface area (Å²) in [4.78, 5) is 67.3. The topological polar surface area (TPSA) is 240 Å². The van der Waals surface area contributed by atoms with Crippen molar-refractivity contribution in [2.75, 3.05) is 59.6 Å². The van der Waals surface area contributed by atoms with E-state index in [1.165, 1.54) is 11.2 Å². The average Bonchev–Trinajstić information content (AvgIpc) is 1.05. The number of amides is 3. The molecule has 1 aliphatic carbocycles. The van der Waals surface area contributed by atoms with Crippen molar-refractivity contribution < 1.29 is 56.6 Å². The maximum atomic E-state index is 13.9. The first-order chi connectivity index (χ1) is 44.7. The second-order valence-corrected chi connectivity index (χ2v) is 24.2. The Morgan fingerprint density at radius 2 is 1.38 bits per heavy atom. The monoisotopic (exact) mass is 1270 g/mol. The summed E-state index contributed by atoms with van der Waals surface area (Å²) in [5, 5.41) is 15.2. The van der Waals surface area contributed by atoms with Crippen molar-refractivity contribution in [2.45, 2.75) is 102 Å². The van der Waals surface area contributed by atoms with Crippen molar-refractivity contribution in [1.29, 1.82) is 5.26 Å². The van der Waals surface area contributed by atoms with Gasteiger partial charge in [-0.15, -0.1) is 0 Å². The molecule has 4 unspecified atom stereocenters. The van der Waals surface area contributed by atoms with Crippen LogP contribution in [0.5, 0.6) is 11.5 Å². The van der Waals surface area contributed by atoms with Crippen LogP contribution in [0.25, 0.3) is 22.3 Å². The van der Waals surface area contributed by atoms with Crippen LogP contribution in [0.1, 0.15) is 109 Å². The fourth-order valence-corrected chi connectivity index (χ4v) is 13.4. The zero-order chi connectivity index (χ0) is 64.7. The third-order valence-electron chi connectivity index (χ3n) is 16.2. The number of nitrogens with one attached hydrogen (secondary N) is 2. The summed E-state index contributed by atoms with van der Waals surface area (Å²) in [7, 11) is 3.14. The Bertz CT molecular complexity index is 3750. The van der Waals surface area contributed by atoms with E-state index in [2.05, 4.69) is 83.3 Å². The molecule has 4 atom stereocenters. The second-order valence-electron chi connectivity index (χ2n) is 22.8. The molecular weight excluding hydrogens is 1190 g/mol. The highest BCUT2D eigenvalue weighted by Gasteiger charge is 2.45. The molecule has 0 radical (unpaired) electrons. The molecule has 1 saturated heterocycles. The van der Waals surface area contributed by atoms with Crippen molar-refractivity contribution in [3.63, 3.8) is 0 Å². The molecule has 22 heteroatoms. The molecule has 2 aromatic heterocycles. The van der Waals surface area contributed by atoms with E-state index in [0.717, 1.165) is 38.9 Å². The first-order valence-corrected chi connectivity index (χ1v) is 31.8. The molecule has 8 aromatic rings. The van der Waals surface area contributed by atoms with Crippen LogP contribution in [0.3, 0.4) is 0 Å². The fourth-order valence-electron chi connectivity index (χ4n) is 11.7. The first-order valence-electron chi connectivity index (χ1n) is 30.6. The minimum Gasteiger partial charge on any atom is -0.497 e. The summed E-state index contributed by atoms with van der Waals surface area (Å²) < 4.78 is 54.1. The van der Waals surface area contributed by atoms with Gasteiger partial charge in [-0.3, -0.25) is 19.0 Å². The Balaban J connectivity index is 0.769. The predicted molar refractivity (Wildman–Crippen MR) is 346 cm³/mol. The number of nitriles is 1. The summed E-state index contributed by atoms with van der Waals surface area (Å²) in [6, 6.07) is 50.7. The minimum atomic E-state index is -1.73. The predicted octanol–water partition coefficient (Wildman–Crippen LogP) is 11.9. The van der Waals surface area contributed by atoms with E-state index in [0.29, 0.717) is 46.6 Å². The summed E-state index contributed by atoms with van der Waals surface area (Å²) in [5.41, 5.74) is 7.59. The molecule has 0 saturated carbocycles. The number of benzene rings is 6. The lowest BCUT2D eigenvalue weighted by Crippen LogP contribution is -2.39. The molecule has 1 fully saturated rings. The highest BCUT2D eigenvalue weighted by molar-refractivity contribution is 7.44. The number of imidazole rings is 1. The van der Waals surface area contributed by atoms with Crippen molar-refractivity contribution in [3.8, 4) is 28.7 Å². The number of carbonyl (C=O) groups is 4. The Morgan fingerprint density at radius 3 is 2.00 bits per heavy atom. The quantitative estimate of drug-likeness (QED) is 0.0192. The van der Waals surface area contributed by atoms with Crippen LogP contribution < -0.4 is 20.1 Å². The van der Waals surface area contributed by atoms with Crippen LogP contribution in [-0.4, -0.2) is 131 Å². The van der Waals surface area contributed by atoms with Gasteiger partial charge in [0.25, 0.3) is 20.3 Å². The van der Waals surface area contributed by atoms with E-state index in [1.54, 1.807) is 56.4 Å². The van der Waals surface area contributed by atoms with Crippen molar-refractivity contribution in [1.82, 2.24) is 34.4 Å². The lowest BCUT2D eigenvalue weighted by atomic mass is 9.80. The fraction of sp³-hybridized carbons (Fsp3) is 0.343. The Hall–Kier alpha value is -9.13. The molecule has 2 N–H and O–H groups in total. The molecule has 92 heavy (non-hydrogen) atoms. The Kier molecular flexibility index (Phi) is 22.0.